The number of nitrogens with one attached hydrogen (secondary N) is 1. The molecule has 8 heteroatoms. The highest BCUT2D eigenvalue weighted by Gasteiger charge is 2.15. The maximum absolute atomic E-state index is 10.1. The van der Waals surface area contributed by atoms with Crippen molar-refractivity contribution in [3.63, 3.8) is 0 Å². The Morgan fingerprint density at radius 3 is 2.31 bits per heavy atom. The number of rotatable bonds is 4. The van der Waals surface area contributed by atoms with E-state index in [1.165, 1.54) is 11.9 Å². The van der Waals surface area contributed by atoms with Gasteiger partial charge in [-0.25, -0.2) is 4.68 Å². The van der Waals surface area contributed by atoms with E-state index in [2.05, 4.69) is 21.9 Å². The third-order valence-electron chi connectivity index (χ3n) is 4.20. The van der Waals surface area contributed by atoms with Gasteiger partial charge in [0.1, 0.15) is 17.6 Å². The molecule has 0 atom stereocenters. The molecule has 0 radical (unpaired) electrons. The molecule has 0 aliphatic carbocycles. The normalized spacial score (nSPS) is 14.5. The molecule has 2 heterocycles. The lowest BCUT2D eigenvalue weighted by molar-refractivity contribution is -0.107. The first kappa shape index (κ1) is 20.2. The minimum atomic E-state index is 0.438. The van der Waals surface area contributed by atoms with Gasteiger partial charge in [0.25, 0.3) is 0 Å². The van der Waals surface area contributed by atoms with Crippen LogP contribution in [0.25, 0.3) is 0 Å². The third-order valence-corrected chi connectivity index (χ3v) is 4.74. The first-order valence-corrected chi connectivity index (χ1v) is 9.33. The fourth-order valence-corrected chi connectivity index (χ4v) is 2.80. The third kappa shape index (κ3) is 5.98. The fraction of sp³-hybridized carbons (Fsp3) is 0.389. The Labute approximate surface area is 158 Å². The first-order chi connectivity index (χ1) is 12.5. The quantitative estimate of drug-likeness (QED) is 0.614. The zero-order valence-corrected chi connectivity index (χ0v) is 16.1. The number of hydrogen-bond acceptors (Lipinski definition) is 7. The van der Waals surface area contributed by atoms with Crippen LogP contribution in [0.4, 0.5) is 5.82 Å². The van der Waals surface area contributed by atoms with Gasteiger partial charge in [-0.3, -0.25) is 10.5 Å². The highest BCUT2D eigenvalue weighted by Crippen LogP contribution is 2.12. The van der Waals surface area contributed by atoms with E-state index in [1.54, 1.807) is 10.7 Å². The van der Waals surface area contributed by atoms with Crippen molar-refractivity contribution in [1.29, 1.82) is 5.41 Å². The summed E-state index contributed by atoms with van der Waals surface area (Å²) >= 11 is 1.21. The number of aldehydes is 1. The van der Waals surface area contributed by atoms with Crippen LogP contribution in [0.1, 0.15) is 5.56 Å². The molecule has 1 fully saturated rings. The minimum absolute atomic E-state index is 0.438. The van der Waals surface area contributed by atoms with Gasteiger partial charge in [-0.15, -0.1) is 0 Å². The zero-order chi connectivity index (χ0) is 18.9. The van der Waals surface area contributed by atoms with Gasteiger partial charge in [0.05, 0.1) is 0 Å². The van der Waals surface area contributed by atoms with Gasteiger partial charge in [0.2, 0.25) is 0 Å². The van der Waals surface area contributed by atoms with Crippen molar-refractivity contribution < 1.29 is 4.79 Å². The number of likely N-dealkylation sites (N-methyl/N-ethyl adjacent to an activating group) is 1. The van der Waals surface area contributed by atoms with Gasteiger partial charge < -0.3 is 14.6 Å². The van der Waals surface area contributed by atoms with Gasteiger partial charge in [0, 0.05) is 44.5 Å². The van der Waals surface area contributed by atoms with E-state index >= 15 is 0 Å². The second kappa shape index (κ2) is 10.1. The van der Waals surface area contributed by atoms with Crippen molar-refractivity contribution in [2.75, 3.05) is 38.1 Å². The molecule has 0 amide bonds. The van der Waals surface area contributed by atoms with Crippen LogP contribution in [0.3, 0.4) is 0 Å². The number of carbonyl (C=O) groups is 1. The van der Waals surface area contributed by atoms with Gasteiger partial charge in [0.15, 0.2) is 0 Å². The van der Waals surface area contributed by atoms with Crippen LogP contribution in [0.15, 0.2) is 41.3 Å². The monoisotopic (exact) mass is 374 g/mol. The number of anilines is 1. The van der Waals surface area contributed by atoms with E-state index in [4.69, 9.17) is 10.5 Å². The van der Waals surface area contributed by atoms with Crippen LogP contribution in [-0.2, 0) is 18.3 Å². The number of aryl methyl sites for hydroxylation is 1. The van der Waals surface area contributed by atoms with Crippen LogP contribution < -0.4 is 15.5 Å². The average molecular weight is 375 g/mol. The number of hydrogen-bond donors (Lipinski definition) is 2. The van der Waals surface area contributed by atoms with Crippen molar-refractivity contribution in [2.45, 2.75) is 11.3 Å². The van der Waals surface area contributed by atoms with E-state index in [1.807, 2.05) is 37.4 Å². The van der Waals surface area contributed by atoms with Gasteiger partial charge >= 0.3 is 0 Å². The number of nitrogens with zero attached hydrogens (tertiary/aromatic N) is 4. The summed E-state index contributed by atoms with van der Waals surface area (Å²) in [5.74, 6) is 0.974. The predicted molar refractivity (Wildman–Crippen MR) is 105 cm³/mol. The lowest BCUT2D eigenvalue weighted by Crippen LogP contribution is -2.45. The van der Waals surface area contributed by atoms with Gasteiger partial charge in [-0.05, 0) is 48.8 Å². The van der Waals surface area contributed by atoms with Crippen LogP contribution in [0.5, 0.6) is 0 Å². The van der Waals surface area contributed by atoms with E-state index in [-0.39, 0.29) is 0 Å². The summed E-state index contributed by atoms with van der Waals surface area (Å²) in [5, 5.41) is 17.2. The molecule has 1 saturated heterocycles. The summed E-state index contributed by atoms with van der Waals surface area (Å²) in [5.41, 5.74) is 1.46. The van der Waals surface area contributed by atoms with Crippen molar-refractivity contribution >= 4 is 24.1 Å². The lowest BCUT2D eigenvalue weighted by atomic mass is 10.2. The summed E-state index contributed by atoms with van der Waals surface area (Å²) < 4.78 is 1.60. The smallest absolute Gasteiger partial charge is 0.149 e. The van der Waals surface area contributed by atoms with E-state index in [9.17, 15) is 4.79 Å². The van der Waals surface area contributed by atoms with Crippen LogP contribution in [-0.4, -0.2) is 54.2 Å². The Morgan fingerprint density at radius 1 is 1.12 bits per heavy atom. The topological polar surface area (TPSA) is 91.2 Å². The molecule has 7 nitrogen and oxygen atoms in total. The molecule has 3 N–H and O–H groups in total. The molecule has 0 bridgehead atoms. The predicted octanol–water partition coefficient (Wildman–Crippen LogP) is 1.05. The fourth-order valence-electron chi connectivity index (χ4n) is 2.51. The molecule has 1 aromatic carbocycles. The summed E-state index contributed by atoms with van der Waals surface area (Å²) in [6.45, 7) is 4.18. The van der Waals surface area contributed by atoms with Crippen LogP contribution in [0.2, 0.25) is 0 Å². The van der Waals surface area contributed by atoms with Crippen LogP contribution >= 0.6 is 11.9 Å². The summed E-state index contributed by atoms with van der Waals surface area (Å²) in [4.78, 5) is 15.7. The number of nitrogens with two attached hydrogens (primary N) is 1. The Morgan fingerprint density at radius 2 is 1.77 bits per heavy atom. The molecule has 1 aliphatic heterocycles. The summed E-state index contributed by atoms with van der Waals surface area (Å²) in [7, 11) is 3.94. The molecule has 2 aromatic rings. The lowest BCUT2D eigenvalue weighted by Gasteiger charge is -2.33. The minimum Gasteiger partial charge on any atom is -0.353 e. The molecule has 26 heavy (non-hydrogen) atoms. The van der Waals surface area contributed by atoms with Gasteiger partial charge in [-0.2, -0.15) is 5.10 Å². The largest absolute Gasteiger partial charge is 0.353 e. The van der Waals surface area contributed by atoms with Crippen molar-refractivity contribution in [3.8, 4) is 0 Å². The second-order valence-corrected chi connectivity index (χ2v) is 6.83. The molecule has 0 spiro atoms. The molecular formula is C18H26N6OS. The van der Waals surface area contributed by atoms with Crippen LogP contribution in [0, 0.1) is 5.41 Å². The van der Waals surface area contributed by atoms with Crippen molar-refractivity contribution in [3.05, 3.63) is 47.4 Å². The summed E-state index contributed by atoms with van der Waals surface area (Å²) in [6.07, 6.45) is 1.38. The number of benzene rings is 1. The van der Waals surface area contributed by atoms with E-state index in [0.717, 1.165) is 48.7 Å². The van der Waals surface area contributed by atoms with Gasteiger partial charge in [-0.1, -0.05) is 12.1 Å². The van der Waals surface area contributed by atoms with Crippen molar-refractivity contribution in [2.24, 2.45) is 12.2 Å². The number of piperazine rings is 1. The number of carbonyl (C=O) groups excluding carboxylic acids is 1. The molecule has 1 aliphatic rings. The molecule has 1 aromatic heterocycles. The average Bonchev–Trinajstić information content (AvgIpc) is 2.66. The molecule has 3 rings (SSSR count). The Balaban J connectivity index is 0.000000197. The maximum Gasteiger partial charge on any atom is 0.149 e. The highest BCUT2D eigenvalue weighted by atomic mass is 32.2. The second-order valence-electron chi connectivity index (χ2n) is 6.12. The van der Waals surface area contributed by atoms with E-state index < -0.39 is 0 Å². The molecular weight excluding hydrogens is 348 g/mol. The SMILES string of the molecule is CN1CCN(c2ccc(=N)n(C)n2)CC1.NSc1ccc(CC=O)cc1. The molecule has 140 valence electrons. The Bertz CT molecular complexity index is 753. The maximum atomic E-state index is 10.1. The first-order valence-electron chi connectivity index (χ1n) is 8.45. The standard InChI is InChI=1S/C10H17N5.C8H9NOS/c1-13-5-7-15(8-6-13)10-4-3-9(11)14(2)12-10;9-11-8-3-1-7(2-4-8)5-6-10/h3-4,11H,5-8H2,1-2H3;1-4,6H,5,9H2. The zero-order valence-electron chi connectivity index (χ0n) is 15.3. The van der Waals surface area contributed by atoms with Crippen molar-refractivity contribution in [1.82, 2.24) is 14.7 Å². The Hall–Kier alpha value is -2.16. The molecule has 0 unspecified atom stereocenters. The highest BCUT2D eigenvalue weighted by molar-refractivity contribution is 7.97. The number of aromatic nitrogens is 2. The molecule has 0 saturated carbocycles. The van der Waals surface area contributed by atoms with E-state index in [0.29, 0.717) is 11.9 Å². The Kier molecular flexibility index (Phi) is 7.83. The summed E-state index contributed by atoms with van der Waals surface area (Å²) in [6, 6.07) is 11.3.